The van der Waals surface area contributed by atoms with E-state index in [0.29, 0.717) is 0 Å². The van der Waals surface area contributed by atoms with Crippen LogP contribution in [0.1, 0.15) is 60.2 Å². The van der Waals surface area contributed by atoms with Gasteiger partial charge in [-0.1, -0.05) is 25.5 Å². The van der Waals surface area contributed by atoms with E-state index in [0.717, 1.165) is 0 Å². The first-order valence-electron chi connectivity index (χ1n) is 10.2. The van der Waals surface area contributed by atoms with Crippen molar-refractivity contribution in [3.63, 3.8) is 0 Å². The molecule has 0 atom stereocenters. The van der Waals surface area contributed by atoms with Crippen LogP contribution < -0.4 is 0 Å². The van der Waals surface area contributed by atoms with Gasteiger partial charge in [0.1, 0.15) is 0 Å². The maximum Gasteiger partial charge on any atom is 0.0564 e. The Hall–Kier alpha value is -0.0800. The summed E-state index contributed by atoms with van der Waals surface area (Å²) in [5, 5.41) is 18.3. The topological polar surface area (TPSA) is 40.5 Å². The molecule has 2 heteroatoms. The molecule has 0 spiro atoms. The van der Waals surface area contributed by atoms with Crippen molar-refractivity contribution < 1.29 is 32.1 Å². The Balaban J connectivity index is 6.61. The lowest BCUT2D eigenvalue weighted by Gasteiger charge is -1.97. The second-order valence-corrected chi connectivity index (χ2v) is 0.974. The van der Waals surface area contributed by atoms with Crippen LogP contribution in [0.4, 0.5) is 0 Å². The first-order valence-corrected chi connectivity index (χ1v) is 2.20. The number of aliphatic hydroxyl groups is 2. The Bertz CT molecular complexity index is 477. The van der Waals surface area contributed by atoms with E-state index >= 15 is 0 Å². The van der Waals surface area contributed by atoms with E-state index < -0.39 is 51.4 Å². The quantitative estimate of drug-likeness (QED) is 0.592. The summed E-state index contributed by atoms with van der Waals surface area (Å²) in [6, 6.07) is 0. The molecule has 62 valence electrons. The highest BCUT2D eigenvalue weighted by Gasteiger charge is 1.88. The largest absolute Gasteiger partial charge is 0.396 e. The molecule has 2 N–H and O–H groups in total. The van der Waals surface area contributed by atoms with E-state index in [1.165, 1.54) is 0 Å². The Morgan fingerprint density at radius 1 is 0.700 bits per heavy atom. The van der Waals surface area contributed by atoms with Gasteiger partial charge in [-0.2, -0.15) is 0 Å². The zero-order valence-electron chi connectivity index (χ0n) is 20.9. The van der Waals surface area contributed by atoms with Crippen LogP contribution in [0, 0.1) is 0 Å². The Morgan fingerprint density at radius 3 is 1.30 bits per heavy atom. The molecule has 0 aliphatic rings. The van der Waals surface area contributed by atoms with Gasteiger partial charge in [-0.25, -0.2) is 0 Å². The van der Waals surface area contributed by atoms with E-state index in [2.05, 4.69) is 0 Å². The minimum Gasteiger partial charge on any atom is -0.396 e. The molecule has 0 amide bonds. The predicted molar refractivity (Wildman–Crippen MR) is 41.9 cm³/mol. The fraction of sp³-hybridized carbons (Fsp3) is 1.00. The molecule has 0 bridgehead atoms. The molecular weight excluding hydrogens is 128 g/mol. The standard InChI is InChI=1S/C8H18O2/c9-7-5-3-1-2-4-6-8-10/h9-10H,1-8H2/i1D2,2D2,3D2,4D2,5D2,6D2,7D2,8D2. The van der Waals surface area contributed by atoms with Crippen LogP contribution in [0.2, 0.25) is 0 Å². The van der Waals surface area contributed by atoms with E-state index in [1.807, 2.05) is 0 Å². The molecule has 0 rings (SSSR count). The zero-order valence-corrected chi connectivity index (χ0v) is 4.89. The monoisotopic (exact) mass is 162 g/mol. The summed E-state index contributed by atoms with van der Waals surface area (Å²) >= 11 is 0. The third-order valence-corrected chi connectivity index (χ3v) is 0.424. The van der Waals surface area contributed by atoms with Crippen LogP contribution >= 0.6 is 0 Å². The van der Waals surface area contributed by atoms with E-state index in [1.54, 1.807) is 0 Å². The molecule has 10 heavy (non-hydrogen) atoms. The number of hydrogen-bond donors (Lipinski definition) is 2. The van der Waals surface area contributed by atoms with Crippen molar-refractivity contribution in [2.24, 2.45) is 0 Å². The fourth-order valence-corrected chi connectivity index (χ4v) is 0.181. The fourth-order valence-electron chi connectivity index (χ4n) is 0.181. The molecule has 0 unspecified atom stereocenters. The maximum atomic E-state index is 9.16. The van der Waals surface area contributed by atoms with Crippen LogP contribution in [0.25, 0.3) is 0 Å². The second kappa shape index (κ2) is 8.92. The summed E-state index contributed by atoms with van der Waals surface area (Å²) in [5.41, 5.74) is 0. The molecule has 2 nitrogen and oxygen atoms in total. The van der Waals surface area contributed by atoms with Gasteiger partial charge >= 0.3 is 0 Å². The SMILES string of the molecule is [2H]C([2H])(O)C([2H])([2H])C([2H])([2H])C([2H])([2H])C([2H])([2H])C([2H])([2H])C([2H])([2H])C([2H])([2H])O. The molecule has 0 saturated carbocycles. The van der Waals surface area contributed by atoms with Crippen molar-refractivity contribution in [2.45, 2.75) is 38.2 Å². The molecule has 0 aliphatic carbocycles. The van der Waals surface area contributed by atoms with Gasteiger partial charge in [-0.3, -0.25) is 0 Å². The Labute approximate surface area is 85.4 Å². The van der Waals surface area contributed by atoms with Crippen LogP contribution in [-0.4, -0.2) is 23.3 Å². The summed E-state index contributed by atoms with van der Waals surface area (Å²) in [4.78, 5) is 0. The smallest absolute Gasteiger partial charge is 0.0564 e. The highest BCUT2D eigenvalue weighted by molar-refractivity contribution is 4.43. The molecule has 0 fully saturated rings. The lowest BCUT2D eigenvalue weighted by Crippen LogP contribution is -1.85. The number of rotatable bonds is 7. The van der Waals surface area contributed by atoms with Gasteiger partial charge in [0.2, 0.25) is 0 Å². The average Bonchev–Trinajstić information content (AvgIpc) is 2.34. The first-order chi connectivity index (χ1) is 10.8. The van der Waals surface area contributed by atoms with Crippen molar-refractivity contribution in [2.75, 3.05) is 13.1 Å². The van der Waals surface area contributed by atoms with Gasteiger partial charge in [0.05, 0.1) is 5.48 Å². The summed E-state index contributed by atoms with van der Waals surface area (Å²) in [5.74, 6) is 0. The van der Waals surface area contributed by atoms with Gasteiger partial charge < -0.3 is 10.2 Å². The number of hydrogen-bond acceptors (Lipinski definition) is 2. The molecular formula is C8H18O2. The molecule has 0 aliphatic heterocycles. The first kappa shape index (κ1) is 1.27. The summed E-state index contributed by atoms with van der Waals surface area (Å²) in [6.07, 6.45) is -25.6. The summed E-state index contributed by atoms with van der Waals surface area (Å²) in [6.45, 7) is -8.09. The summed E-state index contributed by atoms with van der Waals surface area (Å²) in [7, 11) is 0. The third kappa shape index (κ3) is 7.92. The van der Waals surface area contributed by atoms with Gasteiger partial charge in [0.15, 0.2) is 0 Å². The maximum absolute atomic E-state index is 9.16. The van der Waals surface area contributed by atoms with Crippen molar-refractivity contribution in [3.05, 3.63) is 0 Å². The van der Waals surface area contributed by atoms with Gasteiger partial charge in [0, 0.05) is 29.6 Å². The van der Waals surface area contributed by atoms with Crippen LogP contribution in [0.15, 0.2) is 0 Å². The van der Waals surface area contributed by atoms with E-state index in [9.17, 15) is 0 Å². The van der Waals surface area contributed by atoms with E-state index in [-0.39, 0.29) is 0 Å². The van der Waals surface area contributed by atoms with Crippen LogP contribution in [0.5, 0.6) is 0 Å². The predicted octanol–water partition coefficient (Wildman–Crippen LogP) is 1.31. The van der Waals surface area contributed by atoms with Gasteiger partial charge in [-0.05, 0) is 12.7 Å². The van der Waals surface area contributed by atoms with Crippen LogP contribution in [-0.2, 0) is 0 Å². The molecule has 0 aromatic heterocycles. The normalized spacial score (nSPS) is 45.4. The minimum absolute atomic E-state index is 4.04. The lowest BCUT2D eigenvalue weighted by molar-refractivity contribution is 0.275. The molecule has 0 heterocycles. The Kier molecular flexibility index (Phi) is 1.13. The van der Waals surface area contributed by atoms with Crippen molar-refractivity contribution in [1.82, 2.24) is 0 Å². The molecule has 0 radical (unpaired) electrons. The average molecular weight is 162 g/mol. The lowest BCUT2D eigenvalue weighted by atomic mass is 10.1. The van der Waals surface area contributed by atoms with Crippen molar-refractivity contribution in [1.29, 1.82) is 0 Å². The minimum atomic E-state index is -4.36. The molecule has 0 aromatic rings. The highest BCUT2D eigenvalue weighted by atomic mass is 16.3. The van der Waals surface area contributed by atoms with Crippen molar-refractivity contribution >= 4 is 0 Å². The molecule has 0 aromatic carbocycles. The zero-order chi connectivity index (χ0) is 22.0. The van der Waals surface area contributed by atoms with Gasteiger partial charge in [-0.15, -0.1) is 0 Å². The van der Waals surface area contributed by atoms with Crippen LogP contribution in [0.3, 0.4) is 0 Å². The summed E-state index contributed by atoms with van der Waals surface area (Å²) < 4.78 is 117. The van der Waals surface area contributed by atoms with E-state index in [4.69, 9.17) is 32.1 Å². The van der Waals surface area contributed by atoms with Crippen molar-refractivity contribution in [3.8, 4) is 0 Å². The molecule has 0 saturated heterocycles. The Morgan fingerprint density at radius 2 is 1.00 bits per heavy atom. The second-order valence-electron chi connectivity index (χ2n) is 0.974. The third-order valence-electron chi connectivity index (χ3n) is 0.424. The highest BCUT2D eigenvalue weighted by Crippen LogP contribution is 2.03. The van der Waals surface area contributed by atoms with Gasteiger partial charge in [0.25, 0.3) is 0 Å².